The van der Waals surface area contributed by atoms with Crippen molar-refractivity contribution in [1.29, 1.82) is 0 Å². The summed E-state index contributed by atoms with van der Waals surface area (Å²) in [4.78, 5) is 11.8. The lowest BCUT2D eigenvalue weighted by Crippen LogP contribution is -2.59. The maximum absolute atomic E-state index is 12.1. The predicted molar refractivity (Wildman–Crippen MR) is 154 cm³/mol. The minimum atomic E-state index is -1.14. The van der Waals surface area contributed by atoms with Crippen molar-refractivity contribution in [3.63, 3.8) is 0 Å². The molecule has 2 saturated carbocycles. The van der Waals surface area contributed by atoms with Gasteiger partial charge in [0, 0.05) is 24.4 Å². The third-order valence-corrected chi connectivity index (χ3v) is 9.19. The number of rotatable bonds is 5. The van der Waals surface area contributed by atoms with E-state index >= 15 is 0 Å². The normalized spacial score (nSPS) is 35.8. The van der Waals surface area contributed by atoms with Crippen LogP contribution in [0.4, 0.5) is 0 Å². The number of carbonyl (C=O) groups is 1. The molecule has 214 valence electrons. The predicted octanol–water partition coefficient (Wildman–Crippen LogP) is 4.35. The first-order chi connectivity index (χ1) is 18.6. The molecule has 0 amide bonds. The highest BCUT2D eigenvalue weighted by Crippen LogP contribution is 2.62. The van der Waals surface area contributed by atoms with E-state index < -0.39 is 23.2 Å². The molecule has 4 N–H and O–H groups in total. The van der Waals surface area contributed by atoms with Crippen LogP contribution < -0.4 is 0 Å². The first-order valence-corrected chi connectivity index (χ1v) is 14.2. The van der Waals surface area contributed by atoms with Crippen LogP contribution in [0.25, 0.3) is 0 Å². The van der Waals surface area contributed by atoms with Gasteiger partial charge < -0.3 is 25.2 Å². The Bertz CT molecular complexity index is 1080. The number of allylic oxidation sites excluding steroid dienone is 5. The Balaban J connectivity index is 1.98. The van der Waals surface area contributed by atoms with Gasteiger partial charge in [0.2, 0.25) is 0 Å². The van der Waals surface area contributed by atoms with Crippen LogP contribution in [-0.2, 0) is 9.53 Å². The lowest BCUT2D eigenvalue weighted by molar-refractivity contribution is -0.167. The van der Waals surface area contributed by atoms with E-state index in [0.717, 1.165) is 23.0 Å². The number of ether oxygens (including phenoxy) is 1. The summed E-state index contributed by atoms with van der Waals surface area (Å²) in [6.45, 7) is 10.2. The highest BCUT2D eigenvalue weighted by molar-refractivity contribution is 5.74. The van der Waals surface area contributed by atoms with Gasteiger partial charge in [-0.2, -0.15) is 0 Å². The molecule has 3 rings (SSSR count). The second-order valence-electron chi connectivity index (χ2n) is 11.6. The summed E-state index contributed by atoms with van der Waals surface area (Å²) in [5.41, 5.74) is 2.22. The van der Waals surface area contributed by atoms with Crippen molar-refractivity contribution in [3.8, 4) is 11.8 Å². The van der Waals surface area contributed by atoms with Crippen LogP contribution in [0.15, 0.2) is 58.7 Å². The molecule has 0 bridgehead atoms. The fraction of sp³-hybridized carbons (Fsp3) is 0.606. The smallest absolute Gasteiger partial charge is 0.145 e. The molecule has 0 aromatic rings. The summed E-state index contributed by atoms with van der Waals surface area (Å²) < 4.78 is 5.93. The Hall–Kier alpha value is -2.27. The van der Waals surface area contributed by atoms with Crippen molar-refractivity contribution in [3.05, 3.63) is 58.7 Å². The molecule has 39 heavy (non-hydrogen) atoms. The largest absolute Gasteiger partial charge is 0.396 e. The molecule has 6 atom stereocenters. The van der Waals surface area contributed by atoms with Gasteiger partial charge in [-0.05, 0) is 88.4 Å². The van der Waals surface area contributed by atoms with Gasteiger partial charge in [0.05, 0.1) is 24.4 Å². The lowest BCUT2D eigenvalue weighted by atomic mass is 9.52. The van der Waals surface area contributed by atoms with Crippen LogP contribution in [0.2, 0.25) is 0 Å². The second kappa shape index (κ2) is 13.9. The molecule has 6 heteroatoms. The zero-order valence-electron chi connectivity index (χ0n) is 23.8. The molecule has 1 heterocycles. The summed E-state index contributed by atoms with van der Waals surface area (Å²) in [7, 11) is 0. The summed E-state index contributed by atoms with van der Waals surface area (Å²) in [6.07, 6.45) is 11.3. The van der Waals surface area contributed by atoms with E-state index in [0.29, 0.717) is 62.5 Å². The summed E-state index contributed by atoms with van der Waals surface area (Å²) >= 11 is 0. The fourth-order valence-electron chi connectivity index (χ4n) is 6.86. The van der Waals surface area contributed by atoms with Crippen molar-refractivity contribution in [2.24, 2.45) is 17.3 Å². The van der Waals surface area contributed by atoms with Gasteiger partial charge >= 0.3 is 0 Å². The van der Waals surface area contributed by atoms with Crippen LogP contribution in [0, 0.1) is 29.1 Å². The van der Waals surface area contributed by atoms with Crippen LogP contribution in [-0.4, -0.2) is 64.3 Å². The minimum Gasteiger partial charge on any atom is -0.396 e. The van der Waals surface area contributed by atoms with Crippen molar-refractivity contribution >= 4 is 6.29 Å². The molecule has 2 aliphatic carbocycles. The van der Waals surface area contributed by atoms with Gasteiger partial charge in [-0.3, -0.25) is 4.79 Å². The quantitative estimate of drug-likeness (QED) is 0.179. The molecular formula is C33H46O6. The molecule has 3 aliphatic rings. The Kier molecular flexibility index (Phi) is 11.1. The van der Waals surface area contributed by atoms with E-state index in [1.807, 2.05) is 32.1 Å². The van der Waals surface area contributed by atoms with Crippen molar-refractivity contribution in [1.82, 2.24) is 0 Å². The van der Waals surface area contributed by atoms with Gasteiger partial charge in [-0.1, -0.05) is 53.9 Å². The first kappa shape index (κ1) is 31.3. The van der Waals surface area contributed by atoms with E-state index in [4.69, 9.17) is 4.74 Å². The van der Waals surface area contributed by atoms with E-state index in [-0.39, 0.29) is 31.7 Å². The molecule has 0 radical (unpaired) electrons. The molecule has 1 aliphatic heterocycles. The van der Waals surface area contributed by atoms with E-state index in [2.05, 4.69) is 18.4 Å². The average Bonchev–Trinajstić information content (AvgIpc) is 3.25. The number of hydrogen-bond acceptors (Lipinski definition) is 6. The Morgan fingerprint density at radius 3 is 2.77 bits per heavy atom. The average molecular weight is 539 g/mol. The van der Waals surface area contributed by atoms with Crippen LogP contribution in [0.1, 0.15) is 72.1 Å². The maximum Gasteiger partial charge on any atom is 0.145 e. The van der Waals surface area contributed by atoms with Gasteiger partial charge in [0.25, 0.3) is 0 Å². The summed E-state index contributed by atoms with van der Waals surface area (Å²) in [5.74, 6) is 5.68. The van der Waals surface area contributed by atoms with Crippen molar-refractivity contribution in [2.75, 3.05) is 19.8 Å². The Morgan fingerprint density at radius 2 is 2.05 bits per heavy atom. The molecule has 6 nitrogen and oxygen atoms in total. The van der Waals surface area contributed by atoms with E-state index in [9.17, 15) is 25.2 Å². The Morgan fingerprint density at radius 1 is 1.28 bits per heavy atom. The zero-order valence-corrected chi connectivity index (χ0v) is 23.8. The van der Waals surface area contributed by atoms with Gasteiger partial charge in [-0.15, -0.1) is 0 Å². The standard InChI is InChI=1S/C33H46O6/c1-23-9-5-6-20-39-22-26(11-7-10-24(2)30(36)14-13-23)28-16-18-33(31(28)37)29(12-8-19-34)27(25(3)21-35)15-17-32(33,4)38/h7,10-11,13,21,28-31,34,36-38H,2,8-9,12,14-20,22H2,1,3-4H3. The first-order valence-electron chi connectivity index (χ1n) is 14.2. The van der Waals surface area contributed by atoms with E-state index in [1.54, 1.807) is 13.0 Å². The van der Waals surface area contributed by atoms with E-state index in [1.165, 1.54) is 0 Å². The molecule has 2 fully saturated rings. The van der Waals surface area contributed by atoms with Gasteiger partial charge in [0.15, 0.2) is 0 Å². The highest BCUT2D eigenvalue weighted by Gasteiger charge is 2.63. The van der Waals surface area contributed by atoms with Crippen LogP contribution in [0.5, 0.6) is 0 Å². The van der Waals surface area contributed by atoms with Gasteiger partial charge in [0.1, 0.15) is 12.9 Å². The van der Waals surface area contributed by atoms with Crippen molar-refractivity contribution in [2.45, 2.75) is 89.9 Å². The lowest BCUT2D eigenvalue weighted by Gasteiger charge is -2.55. The second-order valence-corrected chi connectivity index (χ2v) is 11.6. The summed E-state index contributed by atoms with van der Waals surface area (Å²) in [6, 6.07) is 0. The highest BCUT2D eigenvalue weighted by atomic mass is 16.5. The number of aliphatic hydroxyl groups excluding tert-OH is 3. The number of aliphatic hydroxyl groups is 4. The van der Waals surface area contributed by atoms with Crippen LogP contribution in [0.3, 0.4) is 0 Å². The third kappa shape index (κ3) is 6.90. The maximum atomic E-state index is 12.1. The molecule has 0 aromatic carbocycles. The fourth-order valence-corrected chi connectivity index (χ4v) is 6.86. The zero-order chi connectivity index (χ0) is 28.6. The third-order valence-electron chi connectivity index (χ3n) is 9.19. The monoisotopic (exact) mass is 538 g/mol. The summed E-state index contributed by atoms with van der Waals surface area (Å²) in [5, 5.41) is 44.0. The molecule has 1 spiro atoms. The van der Waals surface area contributed by atoms with Gasteiger partial charge in [-0.25, -0.2) is 0 Å². The molecule has 6 unspecified atom stereocenters. The Labute approximate surface area is 233 Å². The molecule has 0 saturated heterocycles. The minimum absolute atomic E-state index is 0.0112. The number of aldehydes is 1. The number of hydrogen-bond donors (Lipinski definition) is 4. The topological polar surface area (TPSA) is 107 Å². The van der Waals surface area contributed by atoms with Crippen molar-refractivity contribution < 1.29 is 30.0 Å². The number of carbonyl (C=O) groups excluding carboxylic acids is 1. The van der Waals surface area contributed by atoms with Crippen LogP contribution >= 0.6 is 0 Å². The molecular weight excluding hydrogens is 492 g/mol. The molecule has 0 aromatic heterocycles. The SMILES string of the molecule is C=C1C=CC=C(C2CCC3(C(CCCO)C(=C(C)C=O)CCC3(C)O)C2O)COCC#CCC(C)=CCC1O.